The maximum atomic E-state index is 10.9. The summed E-state index contributed by atoms with van der Waals surface area (Å²) in [6, 6.07) is 1.84. The van der Waals surface area contributed by atoms with Gasteiger partial charge in [0.2, 0.25) is 0 Å². The van der Waals surface area contributed by atoms with Crippen molar-refractivity contribution in [3.63, 3.8) is 0 Å². The lowest BCUT2D eigenvalue weighted by atomic mass is 10.1. The molecule has 0 aromatic carbocycles. The fourth-order valence-electron chi connectivity index (χ4n) is 2.24. The Bertz CT molecular complexity index is 366. The second-order valence-corrected chi connectivity index (χ2v) is 3.93. The summed E-state index contributed by atoms with van der Waals surface area (Å²) in [6.45, 7) is 0. The Morgan fingerprint density at radius 2 is 2.07 bits per heavy atom. The number of aryl methyl sites for hydroxylation is 1. The Hall–Kier alpha value is -1.25. The molecular weight excluding hydrogens is 178 g/mol. The van der Waals surface area contributed by atoms with E-state index in [1.807, 2.05) is 17.7 Å². The average Bonchev–Trinajstić information content (AvgIpc) is 2.37. The summed E-state index contributed by atoms with van der Waals surface area (Å²) >= 11 is 0. The van der Waals surface area contributed by atoms with Crippen LogP contribution >= 0.6 is 0 Å². The number of aromatic carboxylic acids is 1. The van der Waals surface area contributed by atoms with Crippen LogP contribution in [0.25, 0.3) is 0 Å². The van der Waals surface area contributed by atoms with Crippen LogP contribution in [-0.2, 0) is 19.9 Å². The minimum atomic E-state index is -0.819. The van der Waals surface area contributed by atoms with Gasteiger partial charge in [-0.3, -0.25) is 0 Å². The highest BCUT2D eigenvalue weighted by molar-refractivity contribution is 5.86. The van der Waals surface area contributed by atoms with E-state index in [2.05, 4.69) is 0 Å². The van der Waals surface area contributed by atoms with E-state index in [4.69, 9.17) is 5.11 Å². The van der Waals surface area contributed by atoms with Gasteiger partial charge in [0.1, 0.15) is 5.69 Å². The van der Waals surface area contributed by atoms with Crippen molar-refractivity contribution in [3.05, 3.63) is 23.0 Å². The zero-order valence-electron chi connectivity index (χ0n) is 8.42. The molecule has 1 aliphatic rings. The Labute approximate surface area is 83.4 Å². The summed E-state index contributed by atoms with van der Waals surface area (Å²) in [6.07, 6.45) is 5.70. The average molecular weight is 193 g/mol. The van der Waals surface area contributed by atoms with Crippen LogP contribution in [-0.4, -0.2) is 15.6 Å². The molecule has 76 valence electrons. The van der Waals surface area contributed by atoms with E-state index in [-0.39, 0.29) is 0 Å². The lowest BCUT2D eigenvalue weighted by molar-refractivity contribution is 0.0686. The minimum Gasteiger partial charge on any atom is -0.477 e. The van der Waals surface area contributed by atoms with Crippen molar-refractivity contribution in [2.24, 2.45) is 7.05 Å². The Kier molecular flexibility index (Phi) is 2.32. The third-order valence-electron chi connectivity index (χ3n) is 3.03. The first-order valence-electron chi connectivity index (χ1n) is 5.11. The maximum absolute atomic E-state index is 10.9. The van der Waals surface area contributed by atoms with Gasteiger partial charge in [-0.2, -0.15) is 0 Å². The molecule has 1 heterocycles. The van der Waals surface area contributed by atoms with Crippen LogP contribution in [0.1, 0.15) is 41.0 Å². The molecule has 0 radical (unpaired) electrons. The van der Waals surface area contributed by atoms with Gasteiger partial charge in [-0.05, 0) is 37.3 Å². The van der Waals surface area contributed by atoms with E-state index in [0.29, 0.717) is 5.69 Å². The molecule has 0 aliphatic heterocycles. The highest BCUT2D eigenvalue weighted by Gasteiger charge is 2.18. The minimum absolute atomic E-state index is 0.428. The van der Waals surface area contributed by atoms with Crippen molar-refractivity contribution in [3.8, 4) is 0 Å². The number of hydrogen-bond acceptors (Lipinski definition) is 1. The quantitative estimate of drug-likeness (QED) is 0.693. The molecule has 3 nitrogen and oxygen atoms in total. The van der Waals surface area contributed by atoms with Gasteiger partial charge < -0.3 is 9.67 Å². The smallest absolute Gasteiger partial charge is 0.352 e. The molecule has 0 bridgehead atoms. The molecule has 3 heteroatoms. The molecule has 0 fully saturated rings. The first kappa shape index (κ1) is 9.31. The number of carboxylic acid groups (broad SMARTS) is 1. The lowest BCUT2D eigenvalue weighted by Crippen LogP contribution is -2.06. The third kappa shape index (κ3) is 1.43. The molecule has 1 aromatic heterocycles. The standard InChI is InChI=1S/C11H15NO2/c1-12-9-6-4-2-3-5-8(9)7-10(12)11(13)14/h7H,2-6H2,1H3,(H,13,14). The zero-order chi connectivity index (χ0) is 10.1. The summed E-state index contributed by atoms with van der Waals surface area (Å²) in [5, 5.41) is 8.96. The SMILES string of the molecule is Cn1c(C(=O)O)cc2c1CCCCC2. The molecule has 1 N–H and O–H groups in total. The topological polar surface area (TPSA) is 42.2 Å². The van der Waals surface area contributed by atoms with Crippen LogP contribution < -0.4 is 0 Å². The highest BCUT2D eigenvalue weighted by Crippen LogP contribution is 2.23. The molecule has 0 saturated carbocycles. The molecular formula is C11H15NO2. The second kappa shape index (κ2) is 3.48. The molecule has 0 saturated heterocycles. The van der Waals surface area contributed by atoms with Gasteiger partial charge in [0.15, 0.2) is 0 Å². The highest BCUT2D eigenvalue weighted by atomic mass is 16.4. The molecule has 0 unspecified atom stereocenters. The van der Waals surface area contributed by atoms with Crippen molar-refractivity contribution in [2.75, 3.05) is 0 Å². The fraction of sp³-hybridized carbons (Fsp3) is 0.545. The Balaban J connectivity index is 2.45. The Morgan fingerprint density at radius 3 is 2.79 bits per heavy atom. The molecule has 0 spiro atoms. The van der Waals surface area contributed by atoms with Crippen molar-refractivity contribution < 1.29 is 9.90 Å². The van der Waals surface area contributed by atoms with E-state index in [1.165, 1.54) is 30.5 Å². The van der Waals surface area contributed by atoms with Crippen LogP contribution in [0.15, 0.2) is 6.07 Å². The third-order valence-corrected chi connectivity index (χ3v) is 3.03. The molecule has 0 amide bonds. The molecule has 1 aliphatic carbocycles. The summed E-state index contributed by atoms with van der Waals surface area (Å²) < 4.78 is 1.84. The predicted octanol–water partition coefficient (Wildman–Crippen LogP) is 1.99. The number of carboxylic acids is 1. The van der Waals surface area contributed by atoms with Crippen LogP contribution in [0.2, 0.25) is 0 Å². The van der Waals surface area contributed by atoms with Crippen LogP contribution in [0, 0.1) is 0 Å². The molecule has 0 atom stereocenters. The van der Waals surface area contributed by atoms with E-state index in [1.54, 1.807) is 0 Å². The van der Waals surface area contributed by atoms with E-state index in [0.717, 1.165) is 12.8 Å². The normalized spacial score (nSPS) is 16.1. The molecule has 14 heavy (non-hydrogen) atoms. The van der Waals surface area contributed by atoms with Gasteiger partial charge >= 0.3 is 5.97 Å². The second-order valence-electron chi connectivity index (χ2n) is 3.93. The fourth-order valence-corrected chi connectivity index (χ4v) is 2.24. The summed E-state index contributed by atoms with van der Waals surface area (Å²) in [4.78, 5) is 10.9. The number of hydrogen-bond donors (Lipinski definition) is 1. The van der Waals surface area contributed by atoms with Gasteiger partial charge in [-0.25, -0.2) is 4.79 Å². The molecule has 2 rings (SSSR count). The summed E-state index contributed by atoms with van der Waals surface area (Å²) in [5.74, 6) is -0.819. The summed E-state index contributed by atoms with van der Waals surface area (Å²) in [5.41, 5.74) is 2.89. The van der Waals surface area contributed by atoms with E-state index >= 15 is 0 Å². The van der Waals surface area contributed by atoms with Gasteiger partial charge in [0.05, 0.1) is 0 Å². The number of aromatic nitrogens is 1. The van der Waals surface area contributed by atoms with Gasteiger partial charge in [-0.15, -0.1) is 0 Å². The number of nitrogens with zero attached hydrogens (tertiary/aromatic N) is 1. The van der Waals surface area contributed by atoms with Gasteiger partial charge in [-0.1, -0.05) is 6.42 Å². The summed E-state index contributed by atoms with van der Waals surface area (Å²) in [7, 11) is 1.85. The molecule has 1 aromatic rings. The number of fused-ring (bicyclic) bond motifs is 1. The monoisotopic (exact) mass is 193 g/mol. The number of rotatable bonds is 1. The lowest BCUT2D eigenvalue weighted by Gasteiger charge is -2.04. The first-order valence-corrected chi connectivity index (χ1v) is 5.11. The van der Waals surface area contributed by atoms with Crippen molar-refractivity contribution >= 4 is 5.97 Å². The van der Waals surface area contributed by atoms with E-state index in [9.17, 15) is 4.79 Å². The largest absolute Gasteiger partial charge is 0.477 e. The number of carbonyl (C=O) groups is 1. The van der Waals surface area contributed by atoms with Crippen molar-refractivity contribution in [1.82, 2.24) is 4.57 Å². The Morgan fingerprint density at radius 1 is 1.36 bits per heavy atom. The van der Waals surface area contributed by atoms with Crippen LogP contribution in [0.4, 0.5) is 0 Å². The maximum Gasteiger partial charge on any atom is 0.352 e. The predicted molar refractivity (Wildman–Crippen MR) is 53.6 cm³/mol. The van der Waals surface area contributed by atoms with Crippen molar-refractivity contribution in [1.29, 1.82) is 0 Å². The first-order chi connectivity index (χ1) is 6.70. The van der Waals surface area contributed by atoms with Gasteiger partial charge in [0, 0.05) is 12.7 Å². The van der Waals surface area contributed by atoms with Gasteiger partial charge in [0.25, 0.3) is 0 Å². The zero-order valence-corrected chi connectivity index (χ0v) is 8.42. The van der Waals surface area contributed by atoms with Crippen LogP contribution in [0.3, 0.4) is 0 Å². The van der Waals surface area contributed by atoms with Crippen LogP contribution in [0.5, 0.6) is 0 Å². The van der Waals surface area contributed by atoms with E-state index < -0.39 is 5.97 Å². The van der Waals surface area contributed by atoms with Crippen molar-refractivity contribution in [2.45, 2.75) is 32.1 Å².